The highest BCUT2D eigenvalue weighted by Gasteiger charge is 2.30. The molecule has 1 aromatic carbocycles. The van der Waals surface area contributed by atoms with Crippen LogP contribution in [0.5, 0.6) is 0 Å². The first-order chi connectivity index (χ1) is 12.1. The predicted molar refractivity (Wildman–Crippen MR) is 93.8 cm³/mol. The van der Waals surface area contributed by atoms with Crippen molar-refractivity contribution in [2.75, 3.05) is 19.7 Å². The van der Waals surface area contributed by atoms with Crippen molar-refractivity contribution in [1.82, 2.24) is 14.7 Å². The molecule has 1 aromatic heterocycles. The summed E-state index contributed by atoms with van der Waals surface area (Å²) < 4.78 is 6.66. The zero-order valence-electron chi connectivity index (χ0n) is 14.0. The number of aromatic nitrogens is 2. The first-order valence-corrected chi connectivity index (χ1v) is 8.74. The summed E-state index contributed by atoms with van der Waals surface area (Å²) in [6.45, 7) is 3.13. The summed E-state index contributed by atoms with van der Waals surface area (Å²) in [6.07, 6.45) is 3.23. The van der Waals surface area contributed by atoms with Crippen LogP contribution in [0, 0.1) is 5.92 Å². The number of ether oxygens (including phenoxy) is 1. The molecule has 1 aliphatic rings. The quantitative estimate of drug-likeness (QED) is 0.785. The summed E-state index contributed by atoms with van der Waals surface area (Å²) >= 11 is 6.17. The number of hydrogen-bond acceptors (Lipinski definition) is 4. The Labute approximate surface area is 151 Å². The lowest BCUT2D eigenvalue weighted by Gasteiger charge is -2.31. The van der Waals surface area contributed by atoms with Crippen molar-refractivity contribution < 1.29 is 14.3 Å². The van der Waals surface area contributed by atoms with E-state index in [9.17, 15) is 9.59 Å². The van der Waals surface area contributed by atoms with Gasteiger partial charge in [-0.05, 0) is 38.0 Å². The summed E-state index contributed by atoms with van der Waals surface area (Å²) in [6, 6.07) is 8.97. The molecule has 0 aliphatic carbocycles. The van der Waals surface area contributed by atoms with Gasteiger partial charge in [0.1, 0.15) is 0 Å². The number of piperidine rings is 1. The van der Waals surface area contributed by atoms with Gasteiger partial charge in [0.05, 0.1) is 23.2 Å². The Hall–Kier alpha value is -2.34. The van der Waals surface area contributed by atoms with Crippen LogP contribution >= 0.6 is 11.6 Å². The molecule has 1 fully saturated rings. The molecule has 0 N–H and O–H groups in total. The van der Waals surface area contributed by atoms with E-state index in [0.29, 0.717) is 36.1 Å². The number of rotatable bonds is 4. The third-order valence-electron chi connectivity index (χ3n) is 4.24. The summed E-state index contributed by atoms with van der Waals surface area (Å²) in [5.74, 6) is -0.676. The summed E-state index contributed by atoms with van der Waals surface area (Å²) in [4.78, 5) is 26.3. The standard InChI is InChI=1S/C18H20ClN3O3/c1-2-25-18(24)13-6-5-10-21(12-13)17(23)15-9-11-22(20-15)16-8-4-3-7-14(16)19/h3-4,7-9,11,13H,2,5-6,10,12H2,1H3. The van der Waals surface area contributed by atoms with E-state index in [4.69, 9.17) is 16.3 Å². The van der Waals surface area contributed by atoms with E-state index in [-0.39, 0.29) is 17.8 Å². The number of halogens is 1. The molecule has 1 amide bonds. The second kappa shape index (κ2) is 7.70. The van der Waals surface area contributed by atoms with Crippen molar-refractivity contribution in [2.24, 2.45) is 5.92 Å². The molecular weight excluding hydrogens is 342 g/mol. The predicted octanol–water partition coefficient (Wildman–Crippen LogP) is 2.94. The Morgan fingerprint density at radius 3 is 2.88 bits per heavy atom. The minimum absolute atomic E-state index is 0.181. The smallest absolute Gasteiger partial charge is 0.310 e. The molecule has 1 unspecified atom stereocenters. The van der Waals surface area contributed by atoms with Gasteiger partial charge >= 0.3 is 5.97 Å². The molecule has 0 radical (unpaired) electrons. The molecule has 1 aliphatic heterocycles. The Balaban J connectivity index is 1.73. The lowest BCUT2D eigenvalue weighted by Crippen LogP contribution is -2.43. The number of para-hydroxylation sites is 1. The number of benzene rings is 1. The number of nitrogens with zero attached hydrogens (tertiary/aromatic N) is 3. The van der Waals surface area contributed by atoms with E-state index in [2.05, 4.69) is 5.10 Å². The van der Waals surface area contributed by atoms with Gasteiger partial charge in [-0.15, -0.1) is 0 Å². The number of esters is 1. The highest BCUT2D eigenvalue weighted by molar-refractivity contribution is 6.32. The molecule has 3 rings (SSSR count). The number of carbonyl (C=O) groups is 2. The van der Waals surface area contributed by atoms with Crippen LogP contribution in [0.1, 0.15) is 30.3 Å². The molecule has 132 valence electrons. The minimum Gasteiger partial charge on any atom is -0.466 e. The van der Waals surface area contributed by atoms with Gasteiger partial charge < -0.3 is 9.64 Å². The second-order valence-corrected chi connectivity index (χ2v) is 6.35. The van der Waals surface area contributed by atoms with E-state index in [1.165, 1.54) is 0 Å². The summed E-state index contributed by atoms with van der Waals surface area (Å²) in [5, 5.41) is 4.91. The van der Waals surface area contributed by atoms with Crippen LogP contribution in [0.15, 0.2) is 36.5 Å². The van der Waals surface area contributed by atoms with E-state index in [0.717, 1.165) is 12.8 Å². The Kier molecular flexibility index (Phi) is 5.38. The summed E-state index contributed by atoms with van der Waals surface area (Å²) in [7, 11) is 0. The van der Waals surface area contributed by atoms with Crippen molar-refractivity contribution in [1.29, 1.82) is 0 Å². The molecule has 2 aromatic rings. The first kappa shape index (κ1) is 17.5. The van der Waals surface area contributed by atoms with E-state index in [1.807, 2.05) is 18.2 Å². The topological polar surface area (TPSA) is 64.4 Å². The van der Waals surface area contributed by atoms with Crippen molar-refractivity contribution in [3.05, 3.63) is 47.2 Å². The number of amides is 1. The second-order valence-electron chi connectivity index (χ2n) is 5.94. The number of likely N-dealkylation sites (tertiary alicyclic amines) is 1. The molecule has 0 saturated carbocycles. The Bertz CT molecular complexity index is 774. The van der Waals surface area contributed by atoms with Gasteiger partial charge in [0, 0.05) is 19.3 Å². The van der Waals surface area contributed by atoms with Crippen molar-refractivity contribution in [3.63, 3.8) is 0 Å². The fourth-order valence-corrected chi connectivity index (χ4v) is 3.21. The minimum atomic E-state index is -0.261. The Morgan fingerprint density at radius 2 is 2.12 bits per heavy atom. The van der Waals surface area contributed by atoms with Crippen LogP contribution in [0.4, 0.5) is 0 Å². The normalized spacial score (nSPS) is 17.4. The van der Waals surface area contributed by atoms with E-state index < -0.39 is 0 Å². The fourth-order valence-electron chi connectivity index (χ4n) is 2.99. The average molecular weight is 362 g/mol. The maximum absolute atomic E-state index is 12.7. The van der Waals surface area contributed by atoms with Crippen LogP contribution in [0.3, 0.4) is 0 Å². The molecule has 25 heavy (non-hydrogen) atoms. The Morgan fingerprint density at radius 1 is 1.32 bits per heavy atom. The number of hydrogen-bond donors (Lipinski definition) is 0. The first-order valence-electron chi connectivity index (χ1n) is 8.36. The van der Waals surface area contributed by atoms with Gasteiger partial charge in [0.2, 0.25) is 0 Å². The van der Waals surface area contributed by atoms with Gasteiger partial charge in [0.15, 0.2) is 5.69 Å². The van der Waals surface area contributed by atoms with Gasteiger partial charge in [-0.3, -0.25) is 9.59 Å². The third-order valence-corrected chi connectivity index (χ3v) is 4.56. The lowest BCUT2D eigenvalue weighted by molar-refractivity contribution is -0.149. The molecular formula is C18H20ClN3O3. The van der Waals surface area contributed by atoms with Gasteiger partial charge in [-0.25, -0.2) is 4.68 Å². The molecule has 0 bridgehead atoms. The highest BCUT2D eigenvalue weighted by Crippen LogP contribution is 2.21. The zero-order chi connectivity index (χ0) is 17.8. The third kappa shape index (κ3) is 3.85. The van der Waals surface area contributed by atoms with Crippen molar-refractivity contribution >= 4 is 23.5 Å². The maximum atomic E-state index is 12.7. The van der Waals surface area contributed by atoms with E-state index in [1.54, 1.807) is 34.8 Å². The van der Waals surface area contributed by atoms with Gasteiger partial charge in [-0.1, -0.05) is 23.7 Å². The molecule has 6 nitrogen and oxygen atoms in total. The fraction of sp³-hybridized carbons (Fsp3) is 0.389. The SMILES string of the molecule is CCOC(=O)C1CCCN(C(=O)c2ccn(-c3ccccc3Cl)n2)C1. The monoisotopic (exact) mass is 361 g/mol. The summed E-state index contributed by atoms with van der Waals surface area (Å²) in [5.41, 5.74) is 1.05. The van der Waals surface area contributed by atoms with Crippen LogP contribution in [0.25, 0.3) is 5.69 Å². The van der Waals surface area contributed by atoms with Crippen LogP contribution in [0.2, 0.25) is 5.02 Å². The molecule has 7 heteroatoms. The average Bonchev–Trinajstić information content (AvgIpc) is 3.11. The van der Waals surface area contributed by atoms with Crippen LogP contribution < -0.4 is 0 Å². The molecule has 1 saturated heterocycles. The lowest BCUT2D eigenvalue weighted by atomic mass is 9.98. The van der Waals surface area contributed by atoms with Crippen molar-refractivity contribution in [3.8, 4) is 5.69 Å². The van der Waals surface area contributed by atoms with Crippen LogP contribution in [-0.2, 0) is 9.53 Å². The van der Waals surface area contributed by atoms with E-state index >= 15 is 0 Å². The molecule has 0 spiro atoms. The van der Waals surface area contributed by atoms with Gasteiger partial charge in [-0.2, -0.15) is 5.10 Å². The highest BCUT2D eigenvalue weighted by atomic mass is 35.5. The zero-order valence-corrected chi connectivity index (χ0v) is 14.8. The van der Waals surface area contributed by atoms with Crippen molar-refractivity contribution in [2.45, 2.75) is 19.8 Å². The van der Waals surface area contributed by atoms with Gasteiger partial charge in [0.25, 0.3) is 5.91 Å². The molecule has 1 atom stereocenters. The molecule has 2 heterocycles. The number of carbonyl (C=O) groups excluding carboxylic acids is 2. The van der Waals surface area contributed by atoms with Crippen LogP contribution in [-0.4, -0.2) is 46.3 Å². The maximum Gasteiger partial charge on any atom is 0.310 e. The largest absolute Gasteiger partial charge is 0.466 e.